The lowest BCUT2D eigenvalue weighted by atomic mass is 9.83. The molecule has 156 valence electrons. The van der Waals surface area contributed by atoms with Crippen molar-refractivity contribution < 1.29 is 14.2 Å². The van der Waals surface area contributed by atoms with Crippen LogP contribution in [0.15, 0.2) is 12.1 Å². The molecule has 2 heterocycles. The van der Waals surface area contributed by atoms with Gasteiger partial charge in [-0.15, -0.1) is 12.4 Å². The molecule has 0 aromatic heterocycles. The number of hydrogen-bond donors (Lipinski definition) is 0. The van der Waals surface area contributed by atoms with E-state index in [-0.39, 0.29) is 18.5 Å². The number of halogens is 2. The van der Waals surface area contributed by atoms with Gasteiger partial charge in [-0.1, -0.05) is 47.7 Å². The third kappa shape index (κ3) is 3.81. The van der Waals surface area contributed by atoms with Crippen LogP contribution in [0.2, 0.25) is 0 Å². The Hall–Kier alpha value is -0.450. The summed E-state index contributed by atoms with van der Waals surface area (Å²) in [5.41, 5.74) is 2.65. The fourth-order valence-electron chi connectivity index (χ4n) is 5.69. The monoisotopic (exact) mass is 470 g/mol. The van der Waals surface area contributed by atoms with Gasteiger partial charge in [0.2, 0.25) is 0 Å². The average molecular weight is 472 g/mol. The topological polar surface area (TPSA) is 27.7 Å². The molecule has 0 saturated heterocycles. The van der Waals surface area contributed by atoms with Crippen LogP contribution in [0.3, 0.4) is 0 Å². The first-order valence-electron chi connectivity index (χ1n) is 11.0. The van der Waals surface area contributed by atoms with Crippen LogP contribution < -0.4 is 9.47 Å². The number of alkyl halides is 1. The summed E-state index contributed by atoms with van der Waals surface area (Å²) in [6.07, 6.45) is 15.2. The highest BCUT2D eigenvalue weighted by Gasteiger charge is 2.44. The van der Waals surface area contributed by atoms with Gasteiger partial charge in [-0.25, -0.2) is 0 Å². The zero-order valence-corrected chi connectivity index (χ0v) is 19.0. The number of rotatable bonds is 2. The van der Waals surface area contributed by atoms with Crippen molar-refractivity contribution in [3.8, 4) is 11.5 Å². The average Bonchev–Trinajstić information content (AvgIpc) is 2.95. The van der Waals surface area contributed by atoms with Crippen molar-refractivity contribution in [3.63, 3.8) is 0 Å². The summed E-state index contributed by atoms with van der Waals surface area (Å²) < 4.78 is 19.6. The molecule has 4 aliphatic rings. The van der Waals surface area contributed by atoms with Gasteiger partial charge in [0.25, 0.3) is 5.79 Å². The minimum atomic E-state index is -0.393. The molecule has 5 rings (SSSR count). The standard InChI is InChI=1S/C23H31BrO3.ClH/c24-15-21-17-9-12-20-22(27-23(26-20)13-5-2-6-14-23)18(17)10-11-19(25-21)16-7-3-1-4-8-16;/h9,12,16,19,21H,1-8,10-11,13-15H2;1H/t19-,21-;/m0./s1. The van der Waals surface area contributed by atoms with E-state index >= 15 is 0 Å². The highest BCUT2D eigenvalue weighted by Crippen LogP contribution is 2.51. The largest absolute Gasteiger partial charge is 0.448 e. The third-order valence-corrected chi connectivity index (χ3v) is 7.73. The predicted molar refractivity (Wildman–Crippen MR) is 117 cm³/mol. The summed E-state index contributed by atoms with van der Waals surface area (Å²) in [7, 11) is 0. The van der Waals surface area contributed by atoms with Crippen LogP contribution in [0.5, 0.6) is 11.5 Å². The molecule has 2 aliphatic heterocycles. The molecule has 2 fully saturated rings. The van der Waals surface area contributed by atoms with Crippen LogP contribution >= 0.6 is 28.3 Å². The molecule has 1 spiro atoms. The molecule has 3 nitrogen and oxygen atoms in total. The second-order valence-corrected chi connectivity index (χ2v) is 9.54. The molecule has 1 aromatic carbocycles. The van der Waals surface area contributed by atoms with Crippen LogP contribution in [-0.4, -0.2) is 17.2 Å². The molecular formula is C23H32BrClO3. The molecule has 28 heavy (non-hydrogen) atoms. The van der Waals surface area contributed by atoms with Gasteiger partial charge in [-0.05, 0) is 56.1 Å². The molecule has 0 radical (unpaired) electrons. The number of benzene rings is 1. The van der Waals surface area contributed by atoms with Crippen molar-refractivity contribution in [2.75, 3.05) is 5.33 Å². The third-order valence-electron chi connectivity index (χ3n) is 7.14. The molecule has 5 heteroatoms. The van der Waals surface area contributed by atoms with Gasteiger partial charge in [0.1, 0.15) is 0 Å². The van der Waals surface area contributed by atoms with Crippen molar-refractivity contribution in [2.45, 2.75) is 95.0 Å². The second kappa shape index (κ2) is 8.73. The smallest absolute Gasteiger partial charge is 0.251 e. The highest BCUT2D eigenvalue weighted by molar-refractivity contribution is 9.09. The number of fused-ring (bicyclic) bond motifs is 3. The zero-order valence-electron chi connectivity index (χ0n) is 16.6. The fraction of sp³-hybridized carbons (Fsp3) is 0.739. The van der Waals surface area contributed by atoms with E-state index in [4.69, 9.17) is 14.2 Å². The predicted octanol–water partition coefficient (Wildman–Crippen LogP) is 6.89. The lowest BCUT2D eigenvalue weighted by Crippen LogP contribution is -2.40. The lowest BCUT2D eigenvalue weighted by molar-refractivity contribution is -0.105. The molecule has 0 unspecified atom stereocenters. The quantitative estimate of drug-likeness (QED) is 0.440. The molecule has 0 amide bonds. The summed E-state index contributed by atoms with van der Waals surface area (Å²) >= 11 is 3.72. The Bertz CT molecular complexity index is 683. The number of hydrogen-bond acceptors (Lipinski definition) is 3. The van der Waals surface area contributed by atoms with E-state index in [9.17, 15) is 0 Å². The maximum absolute atomic E-state index is 6.68. The van der Waals surface area contributed by atoms with Crippen molar-refractivity contribution in [1.29, 1.82) is 0 Å². The summed E-state index contributed by atoms with van der Waals surface area (Å²) in [4.78, 5) is 0. The van der Waals surface area contributed by atoms with Crippen LogP contribution in [-0.2, 0) is 11.2 Å². The normalized spacial score (nSPS) is 29.0. The Kier molecular flexibility index (Phi) is 6.49. The van der Waals surface area contributed by atoms with E-state index in [0.29, 0.717) is 6.10 Å². The maximum atomic E-state index is 6.68. The molecule has 0 N–H and O–H groups in total. The second-order valence-electron chi connectivity index (χ2n) is 8.89. The first-order valence-corrected chi connectivity index (χ1v) is 12.2. The van der Waals surface area contributed by atoms with Gasteiger partial charge < -0.3 is 14.2 Å². The minimum absolute atomic E-state index is 0. The SMILES string of the molecule is BrC[C@@H]1O[C@H](C2CCCCC2)CCc2c1ccc1c2OC2(CCCCC2)O1.Cl. The molecular weight excluding hydrogens is 440 g/mol. The Morgan fingerprint density at radius 3 is 2.43 bits per heavy atom. The molecule has 2 aliphatic carbocycles. The van der Waals surface area contributed by atoms with Crippen molar-refractivity contribution >= 4 is 28.3 Å². The first-order chi connectivity index (χ1) is 13.3. The van der Waals surface area contributed by atoms with Crippen LogP contribution in [0.1, 0.15) is 87.9 Å². The van der Waals surface area contributed by atoms with Crippen LogP contribution in [0.4, 0.5) is 0 Å². The number of ether oxygens (including phenoxy) is 3. The van der Waals surface area contributed by atoms with E-state index in [1.807, 2.05) is 0 Å². The Balaban J connectivity index is 0.00000192. The molecule has 2 saturated carbocycles. The van der Waals surface area contributed by atoms with E-state index in [1.165, 1.54) is 62.5 Å². The van der Waals surface area contributed by atoms with Gasteiger partial charge in [-0.3, -0.25) is 0 Å². The van der Waals surface area contributed by atoms with E-state index in [0.717, 1.165) is 48.4 Å². The van der Waals surface area contributed by atoms with Crippen LogP contribution in [0.25, 0.3) is 0 Å². The molecule has 0 bridgehead atoms. The highest BCUT2D eigenvalue weighted by atomic mass is 79.9. The van der Waals surface area contributed by atoms with E-state index < -0.39 is 5.79 Å². The van der Waals surface area contributed by atoms with Gasteiger partial charge in [0.05, 0.1) is 12.2 Å². The summed E-state index contributed by atoms with van der Waals surface area (Å²) in [5, 5.41) is 0.841. The Morgan fingerprint density at radius 2 is 1.68 bits per heavy atom. The van der Waals surface area contributed by atoms with Crippen LogP contribution in [0, 0.1) is 5.92 Å². The van der Waals surface area contributed by atoms with Gasteiger partial charge in [0.15, 0.2) is 11.5 Å². The molecule has 1 aromatic rings. The van der Waals surface area contributed by atoms with Gasteiger partial charge in [-0.2, -0.15) is 0 Å². The van der Waals surface area contributed by atoms with Gasteiger partial charge >= 0.3 is 0 Å². The lowest BCUT2D eigenvalue weighted by Gasteiger charge is -2.31. The summed E-state index contributed by atoms with van der Waals surface area (Å²) in [6.45, 7) is 0. The Morgan fingerprint density at radius 1 is 0.929 bits per heavy atom. The maximum Gasteiger partial charge on any atom is 0.251 e. The van der Waals surface area contributed by atoms with Gasteiger partial charge in [0, 0.05) is 23.7 Å². The zero-order chi connectivity index (χ0) is 18.3. The van der Waals surface area contributed by atoms with E-state index in [2.05, 4.69) is 28.1 Å². The van der Waals surface area contributed by atoms with Crippen molar-refractivity contribution in [1.82, 2.24) is 0 Å². The van der Waals surface area contributed by atoms with Crippen molar-refractivity contribution in [2.24, 2.45) is 5.92 Å². The fourth-order valence-corrected chi connectivity index (χ4v) is 6.19. The summed E-state index contributed by atoms with van der Waals surface area (Å²) in [6, 6.07) is 4.35. The van der Waals surface area contributed by atoms with E-state index in [1.54, 1.807) is 0 Å². The molecule has 2 atom stereocenters. The first kappa shape index (κ1) is 20.8. The Labute approximate surface area is 183 Å². The van der Waals surface area contributed by atoms with Crippen molar-refractivity contribution in [3.05, 3.63) is 23.3 Å². The summed E-state index contributed by atoms with van der Waals surface area (Å²) in [5.74, 6) is 2.31. The minimum Gasteiger partial charge on any atom is -0.448 e.